The predicted octanol–water partition coefficient (Wildman–Crippen LogP) is 1.04. The molecule has 0 fully saturated rings. The van der Waals surface area contributed by atoms with Crippen LogP contribution in [-0.4, -0.2) is 19.6 Å². The van der Waals surface area contributed by atoms with Crippen LogP contribution in [0, 0.1) is 0 Å². The molecule has 1 nitrogen and oxygen atoms in total. The first-order valence-electron chi connectivity index (χ1n) is 2.88. The van der Waals surface area contributed by atoms with Crippen LogP contribution in [0.3, 0.4) is 0 Å². The molecule has 0 bridgehead atoms. The molecule has 2 heteroatoms. The summed E-state index contributed by atoms with van der Waals surface area (Å²) in [6.45, 7) is 0. The fourth-order valence-corrected chi connectivity index (χ4v) is 2.17. The first-order chi connectivity index (χ1) is 4.30. The summed E-state index contributed by atoms with van der Waals surface area (Å²) in [7, 11) is 0. The van der Waals surface area contributed by atoms with E-state index in [4.69, 9.17) is 0 Å². The van der Waals surface area contributed by atoms with Crippen molar-refractivity contribution < 1.29 is 0 Å². The summed E-state index contributed by atoms with van der Waals surface area (Å²) in [6, 6.07) is 4.22. The Balaban J connectivity index is 2.85. The van der Waals surface area contributed by atoms with Crippen molar-refractivity contribution in [1.82, 2.24) is 4.98 Å². The van der Waals surface area contributed by atoms with E-state index in [1.165, 1.54) is 4.35 Å². The van der Waals surface area contributed by atoms with E-state index < -0.39 is 14.7 Å². The normalized spacial score (nSPS) is 10.1. The van der Waals surface area contributed by atoms with Crippen molar-refractivity contribution in [3.8, 4) is 0 Å². The Hall–Kier alpha value is -0.292. The van der Waals surface area contributed by atoms with Gasteiger partial charge in [-0.15, -0.1) is 0 Å². The fourth-order valence-electron chi connectivity index (χ4n) is 0.642. The molecule has 0 aliphatic carbocycles. The monoisotopic (exact) mass is 183 g/mol. The van der Waals surface area contributed by atoms with Crippen molar-refractivity contribution in [2.24, 2.45) is 0 Å². The van der Waals surface area contributed by atoms with E-state index in [1.54, 1.807) is 0 Å². The zero-order chi connectivity index (χ0) is 6.69. The molecule has 1 heterocycles. The average molecular weight is 183 g/mol. The zero-order valence-electron chi connectivity index (χ0n) is 5.70. The molecule has 1 aromatic heterocycles. The fraction of sp³-hybridized carbons (Fsp3) is 0.286. The Labute approximate surface area is 60.4 Å². The maximum atomic E-state index is 3.95. The second kappa shape index (κ2) is 3.03. The molecular weight excluding hydrogens is 173 g/mol. The molecule has 0 N–H and O–H groups in total. The van der Waals surface area contributed by atoms with Crippen LogP contribution in [0.15, 0.2) is 24.5 Å². The molecule has 0 amide bonds. The van der Waals surface area contributed by atoms with Gasteiger partial charge >= 0.3 is 59.9 Å². The van der Waals surface area contributed by atoms with E-state index in [0.29, 0.717) is 0 Å². The Morgan fingerprint density at radius 1 is 1.22 bits per heavy atom. The molecule has 0 saturated carbocycles. The first kappa shape index (κ1) is 6.82. The third-order valence-electron chi connectivity index (χ3n) is 1.18. The average Bonchev–Trinajstić information content (AvgIpc) is 1.90. The minimum absolute atomic E-state index is 0.628. The van der Waals surface area contributed by atoms with Gasteiger partial charge in [-0.2, -0.15) is 0 Å². The van der Waals surface area contributed by atoms with E-state index in [2.05, 4.69) is 28.5 Å². The van der Waals surface area contributed by atoms with E-state index in [1.807, 2.05) is 12.4 Å². The summed E-state index contributed by atoms with van der Waals surface area (Å²) >= 11 is -0.628. The van der Waals surface area contributed by atoms with Crippen LogP contribution in [0.25, 0.3) is 0 Å². The van der Waals surface area contributed by atoms with Crippen molar-refractivity contribution in [3.63, 3.8) is 0 Å². The molecule has 1 aromatic rings. The number of rotatable bonds is 1. The summed E-state index contributed by atoms with van der Waals surface area (Å²) in [6.07, 6.45) is 3.73. The topological polar surface area (TPSA) is 12.9 Å². The number of aromatic nitrogens is 1. The second-order valence-electron chi connectivity index (χ2n) is 2.10. The predicted molar refractivity (Wildman–Crippen MR) is 41.4 cm³/mol. The molecular formula is C7H10AsN. The van der Waals surface area contributed by atoms with Crippen LogP contribution in [-0.2, 0) is 0 Å². The van der Waals surface area contributed by atoms with Crippen LogP contribution < -0.4 is 4.35 Å². The second-order valence-corrected chi connectivity index (χ2v) is 6.94. The molecule has 0 radical (unpaired) electrons. The van der Waals surface area contributed by atoms with Gasteiger partial charge in [0.15, 0.2) is 0 Å². The summed E-state index contributed by atoms with van der Waals surface area (Å²) in [5.74, 6) is 0. The van der Waals surface area contributed by atoms with E-state index in [0.717, 1.165) is 0 Å². The van der Waals surface area contributed by atoms with Gasteiger partial charge in [-0.3, -0.25) is 0 Å². The van der Waals surface area contributed by atoms with Crippen LogP contribution in [0.5, 0.6) is 0 Å². The molecule has 0 atom stereocenters. The molecule has 0 aromatic carbocycles. The third kappa shape index (κ3) is 1.83. The van der Waals surface area contributed by atoms with Gasteiger partial charge in [-0.05, 0) is 0 Å². The Bertz CT molecular complexity index is 172. The van der Waals surface area contributed by atoms with Crippen molar-refractivity contribution in [2.75, 3.05) is 0 Å². The molecule has 0 unspecified atom stereocenters. The number of hydrogen-bond donors (Lipinski definition) is 0. The quantitative estimate of drug-likeness (QED) is 0.593. The van der Waals surface area contributed by atoms with Gasteiger partial charge in [0.2, 0.25) is 0 Å². The van der Waals surface area contributed by atoms with E-state index in [9.17, 15) is 0 Å². The first-order valence-corrected chi connectivity index (χ1v) is 7.57. The summed E-state index contributed by atoms with van der Waals surface area (Å²) in [4.78, 5) is 3.95. The third-order valence-corrected chi connectivity index (χ3v) is 3.97. The van der Waals surface area contributed by atoms with Crippen molar-refractivity contribution in [3.05, 3.63) is 24.5 Å². The van der Waals surface area contributed by atoms with Gasteiger partial charge in [-0.1, -0.05) is 0 Å². The van der Waals surface area contributed by atoms with Crippen LogP contribution in [0.4, 0.5) is 0 Å². The Kier molecular flexibility index (Phi) is 2.29. The van der Waals surface area contributed by atoms with E-state index >= 15 is 0 Å². The maximum absolute atomic E-state index is 3.95. The minimum atomic E-state index is -0.628. The van der Waals surface area contributed by atoms with Gasteiger partial charge in [0.05, 0.1) is 0 Å². The Morgan fingerprint density at radius 3 is 2.11 bits per heavy atom. The van der Waals surface area contributed by atoms with Crippen LogP contribution in [0.1, 0.15) is 0 Å². The molecule has 0 aliphatic heterocycles. The zero-order valence-corrected chi connectivity index (χ0v) is 7.58. The summed E-state index contributed by atoms with van der Waals surface area (Å²) in [5.41, 5.74) is 4.64. The van der Waals surface area contributed by atoms with Crippen molar-refractivity contribution >= 4 is 19.0 Å². The molecule has 0 saturated heterocycles. The van der Waals surface area contributed by atoms with Gasteiger partial charge in [0, 0.05) is 0 Å². The standard InChI is InChI=1S/C7H10AsN/c1-8(2)7-3-5-9-6-4-7/h3-6H,1-2H3. The van der Waals surface area contributed by atoms with Crippen LogP contribution in [0.2, 0.25) is 11.4 Å². The molecule has 9 heavy (non-hydrogen) atoms. The number of pyridine rings is 1. The molecule has 1 rings (SSSR count). The van der Waals surface area contributed by atoms with Crippen molar-refractivity contribution in [1.29, 1.82) is 0 Å². The SMILES string of the molecule is C[As](C)c1ccncc1. The summed E-state index contributed by atoms with van der Waals surface area (Å²) < 4.78 is 1.50. The number of hydrogen-bond acceptors (Lipinski definition) is 1. The van der Waals surface area contributed by atoms with Gasteiger partial charge in [0.1, 0.15) is 0 Å². The van der Waals surface area contributed by atoms with Crippen molar-refractivity contribution in [2.45, 2.75) is 11.4 Å². The molecule has 48 valence electrons. The molecule has 0 aliphatic rings. The van der Waals surface area contributed by atoms with E-state index in [-0.39, 0.29) is 0 Å². The van der Waals surface area contributed by atoms with Crippen LogP contribution >= 0.6 is 0 Å². The van der Waals surface area contributed by atoms with Gasteiger partial charge < -0.3 is 0 Å². The Morgan fingerprint density at radius 2 is 1.78 bits per heavy atom. The number of nitrogens with zero attached hydrogens (tertiary/aromatic N) is 1. The molecule has 0 spiro atoms. The van der Waals surface area contributed by atoms with Gasteiger partial charge in [-0.25, -0.2) is 0 Å². The van der Waals surface area contributed by atoms with Gasteiger partial charge in [0.25, 0.3) is 0 Å². The summed E-state index contributed by atoms with van der Waals surface area (Å²) in [5, 5.41) is 0.